The fourth-order valence-electron chi connectivity index (χ4n) is 0.772. The molecule has 64 valence electrons. The Balaban J connectivity index is 3.30. The lowest BCUT2D eigenvalue weighted by molar-refractivity contribution is 0.758. The lowest BCUT2D eigenvalue weighted by atomic mass is 10.2. The molecule has 0 heterocycles. The first-order chi connectivity index (χ1) is 5.31. The number of rotatable bonds is 5. The van der Waals surface area contributed by atoms with Gasteiger partial charge in [-0.25, -0.2) is 0 Å². The molecule has 0 rings (SSSR count). The van der Waals surface area contributed by atoms with Crippen molar-refractivity contribution in [3.05, 3.63) is 23.8 Å². The van der Waals surface area contributed by atoms with Gasteiger partial charge in [0.25, 0.3) is 0 Å². The van der Waals surface area contributed by atoms with Gasteiger partial charge >= 0.3 is 0 Å². The van der Waals surface area contributed by atoms with Crippen molar-refractivity contribution in [1.82, 2.24) is 0 Å². The van der Waals surface area contributed by atoms with Gasteiger partial charge in [-0.2, -0.15) is 0 Å². The van der Waals surface area contributed by atoms with E-state index in [-0.39, 0.29) is 0 Å². The SMILES string of the molecule is C/C=C(C)\C=C/CCCCN. The molecule has 11 heavy (non-hydrogen) atoms. The summed E-state index contributed by atoms with van der Waals surface area (Å²) >= 11 is 0. The molecule has 2 N–H and O–H groups in total. The fraction of sp³-hybridized carbons (Fsp3) is 0.600. The fourth-order valence-corrected chi connectivity index (χ4v) is 0.772. The second-order valence-corrected chi connectivity index (χ2v) is 2.72. The summed E-state index contributed by atoms with van der Waals surface area (Å²) in [4.78, 5) is 0. The Hall–Kier alpha value is -0.560. The van der Waals surface area contributed by atoms with Crippen LogP contribution in [-0.2, 0) is 0 Å². The van der Waals surface area contributed by atoms with Crippen LogP contribution in [0, 0.1) is 0 Å². The Labute approximate surface area is 70.0 Å². The first-order valence-electron chi connectivity index (χ1n) is 4.30. The Bertz CT molecular complexity index is 134. The Kier molecular flexibility index (Phi) is 7.16. The van der Waals surface area contributed by atoms with Crippen molar-refractivity contribution in [3.8, 4) is 0 Å². The van der Waals surface area contributed by atoms with Crippen LogP contribution >= 0.6 is 0 Å². The van der Waals surface area contributed by atoms with Crippen molar-refractivity contribution in [2.75, 3.05) is 6.54 Å². The molecule has 0 aromatic carbocycles. The summed E-state index contributed by atoms with van der Waals surface area (Å²) in [6.45, 7) is 4.98. The molecule has 1 heteroatoms. The van der Waals surface area contributed by atoms with Crippen molar-refractivity contribution in [2.45, 2.75) is 33.1 Å². The van der Waals surface area contributed by atoms with Crippen LogP contribution in [0.15, 0.2) is 23.8 Å². The predicted octanol–water partition coefficient (Wildman–Crippen LogP) is 2.64. The van der Waals surface area contributed by atoms with Gasteiger partial charge in [-0.15, -0.1) is 0 Å². The van der Waals surface area contributed by atoms with Crippen molar-refractivity contribution in [3.63, 3.8) is 0 Å². The van der Waals surface area contributed by atoms with E-state index in [0.29, 0.717) is 0 Å². The minimum absolute atomic E-state index is 0.816. The molecule has 0 radical (unpaired) electrons. The third kappa shape index (κ3) is 7.34. The van der Waals surface area contributed by atoms with Gasteiger partial charge in [-0.1, -0.05) is 23.8 Å². The summed E-state index contributed by atoms with van der Waals surface area (Å²) in [6, 6.07) is 0. The maximum absolute atomic E-state index is 5.36. The molecule has 0 aromatic rings. The van der Waals surface area contributed by atoms with E-state index < -0.39 is 0 Å². The van der Waals surface area contributed by atoms with Crippen LogP contribution in [0.3, 0.4) is 0 Å². The van der Waals surface area contributed by atoms with Crippen LogP contribution in [0.5, 0.6) is 0 Å². The van der Waals surface area contributed by atoms with Crippen LogP contribution in [0.2, 0.25) is 0 Å². The summed E-state index contributed by atoms with van der Waals surface area (Å²) in [5.41, 5.74) is 6.69. The molecule has 0 atom stereocenters. The molecular formula is C10H19N. The second-order valence-electron chi connectivity index (χ2n) is 2.72. The van der Waals surface area contributed by atoms with E-state index >= 15 is 0 Å². The van der Waals surface area contributed by atoms with Gasteiger partial charge in [0, 0.05) is 0 Å². The van der Waals surface area contributed by atoms with Gasteiger partial charge in [0.1, 0.15) is 0 Å². The molecule has 0 aliphatic rings. The van der Waals surface area contributed by atoms with Crippen LogP contribution in [0.25, 0.3) is 0 Å². The standard InChI is InChI=1S/C10H19N/c1-3-10(2)8-6-4-5-7-9-11/h3,6,8H,4-5,7,9,11H2,1-2H3/b8-6-,10-3-. The molecule has 0 amide bonds. The van der Waals surface area contributed by atoms with Crippen molar-refractivity contribution in [1.29, 1.82) is 0 Å². The summed E-state index contributed by atoms with van der Waals surface area (Å²) in [5, 5.41) is 0. The highest BCUT2D eigenvalue weighted by Gasteiger charge is 1.81. The average molecular weight is 153 g/mol. The minimum Gasteiger partial charge on any atom is -0.330 e. The zero-order chi connectivity index (χ0) is 8.53. The Morgan fingerprint density at radius 3 is 2.64 bits per heavy atom. The average Bonchev–Trinajstić information content (AvgIpc) is 2.04. The van der Waals surface area contributed by atoms with E-state index in [2.05, 4.69) is 32.1 Å². The number of nitrogens with two attached hydrogens (primary N) is 1. The first-order valence-corrected chi connectivity index (χ1v) is 4.30. The molecule has 0 saturated carbocycles. The highest BCUT2D eigenvalue weighted by atomic mass is 14.5. The normalized spacial score (nSPS) is 12.8. The van der Waals surface area contributed by atoms with Crippen LogP contribution in [0.4, 0.5) is 0 Å². The molecule has 0 aromatic heterocycles. The van der Waals surface area contributed by atoms with Crippen LogP contribution in [-0.4, -0.2) is 6.54 Å². The molecule has 0 unspecified atom stereocenters. The maximum atomic E-state index is 5.36. The molecule has 0 bridgehead atoms. The van der Waals surface area contributed by atoms with E-state index in [0.717, 1.165) is 19.4 Å². The highest BCUT2D eigenvalue weighted by molar-refractivity contribution is 5.14. The lowest BCUT2D eigenvalue weighted by Crippen LogP contribution is -1.96. The summed E-state index contributed by atoms with van der Waals surface area (Å²) in [5.74, 6) is 0. The van der Waals surface area contributed by atoms with E-state index in [1.54, 1.807) is 0 Å². The van der Waals surface area contributed by atoms with Crippen LogP contribution < -0.4 is 5.73 Å². The van der Waals surface area contributed by atoms with Crippen molar-refractivity contribution >= 4 is 0 Å². The van der Waals surface area contributed by atoms with E-state index in [1.807, 2.05) is 0 Å². The number of hydrogen-bond donors (Lipinski definition) is 1. The van der Waals surface area contributed by atoms with Gasteiger partial charge in [0.2, 0.25) is 0 Å². The van der Waals surface area contributed by atoms with Gasteiger partial charge < -0.3 is 5.73 Å². The lowest BCUT2D eigenvalue weighted by Gasteiger charge is -1.92. The number of allylic oxidation sites excluding steroid dienone is 4. The Morgan fingerprint density at radius 1 is 1.36 bits per heavy atom. The molecule has 1 nitrogen and oxygen atoms in total. The highest BCUT2D eigenvalue weighted by Crippen LogP contribution is 1.99. The van der Waals surface area contributed by atoms with E-state index in [4.69, 9.17) is 5.73 Å². The van der Waals surface area contributed by atoms with E-state index in [1.165, 1.54) is 12.0 Å². The monoisotopic (exact) mass is 153 g/mol. The quantitative estimate of drug-likeness (QED) is 0.477. The second kappa shape index (κ2) is 7.55. The zero-order valence-corrected chi connectivity index (χ0v) is 7.64. The van der Waals surface area contributed by atoms with Crippen molar-refractivity contribution in [2.24, 2.45) is 5.73 Å². The molecule has 0 saturated heterocycles. The molecular weight excluding hydrogens is 134 g/mol. The van der Waals surface area contributed by atoms with Crippen LogP contribution in [0.1, 0.15) is 33.1 Å². The zero-order valence-electron chi connectivity index (χ0n) is 7.64. The van der Waals surface area contributed by atoms with Gasteiger partial charge in [-0.3, -0.25) is 0 Å². The third-order valence-corrected chi connectivity index (χ3v) is 1.66. The summed E-state index contributed by atoms with van der Waals surface area (Å²) < 4.78 is 0. The predicted molar refractivity (Wildman–Crippen MR) is 51.5 cm³/mol. The van der Waals surface area contributed by atoms with Gasteiger partial charge in [0.15, 0.2) is 0 Å². The Morgan fingerprint density at radius 2 is 2.09 bits per heavy atom. The molecule has 0 spiro atoms. The number of hydrogen-bond acceptors (Lipinski definition) is 1. The third-order valence-electron chi connectivity index (χ3n) is 1.66. The van der Waals surface area contributed by atoms with E-state index in [9.17, 15) is 0 Å². The number of unbranched alkanes of at least 4 members (excludes halogenated alkanes) is 2. The molecule has 0 aliphatic carbocycles. The van der Waals surface area contributed by atoms with Gasteiger partial charge in [-0.05, 0) is 39.7 Å². The van der Waals surface area contributed by atoms with Gasteiger partial charge in [0.05, 0.1) is 0 Å². The maximum Gasteiger partial charge on any atom is -0.00772 e. The minimum atomic E-state index is 0.816. The van der Waals surface area contributed by atoms with Crippen molar-refractivity contribution < 1.29 is 0 Å². The smallest absolute Gasteiger partial charge is 0.00772 e. The first kappa shape index (κ1) is 10.4. The topological polar surface area (TPSA) is 26.0 Å². The largest absolute Gasteiger partial charge is 0.330 e. The summed E-state index contributed by atoms with van der Waals surface area (Å²) in [6.07, 6.45) is 9.99. The molecule has 0 fully saturated rings. The summed E-state index contributed by atoms with van der Waals surface area (Å²) in [7, 11) is 0. The molecule has 0 aliphatic heterocycles.